The van der Waals surface area contributed by atoms with Crippen molar-refractivity contribution in [2.45, 2.75) is 45.6 Å². The maximum Gasteiger partial charge on any atom is 0.319 e. The van der Waals surface area contributed by atoms with Gasteiger partial charge < -0.3 is 15.7 Å². The summed E-state index contributed by atoms with van der Waals surface area (Å²) < 4.78 is 1.63. The number of urea groups is 1. The molecule has 2 amide bonds. The largest absolute Gasteiger partial charge is 0.394 e. The molecule has 2 unspecified atom stereocenters. The van der Waals surface area contributed by atoms with Crippen LogP contribution in [0, 0.1) is 11.3 Å². The van der Waals surface area contributed by atoms with Crippen molar-refractivity contribution < 1.29 is 9.90 Å². The molecule has 0 saturated heterocycles. The minimum atomic E-state index is -0.548. The summed E-state index contributed by atoms with van der Waals surface area (Å²) in [5, 5.41) is 19.6. The maximum absolute atomic E-state index is 12.2. The van der Waals surface area contributed by atoms with Gasteiger partial charge in [0.25, 0.3) is 0 Å². The molecule has 1 aliphatic carbocycles. The van der Waals surface area contributed by atoms with E-state index in [9.17, 15) is 9.90 Å². The number of aliphatic hydroxyl groups is 1. The molecule has 6 heteroatoms. The normalized spacial score (nSPS) is 28.1. The monoisotopic (exact) mass is 294 g/mol. The van der Waals surface area contributed by atoms with E-state index in [1.165, 1.54) is 0 Å². The quantitative estimate of drug-likeness (QED) is 0.799. The number of aromatic nitrogens is 2. The van der Waals surface area contributed by atoms with Gasteiger partial charge in [0.05, 0.1) is 24.0 Å². The lowest BCUT2D eigenvalue weighted by Gasteiger charge is -2.47. The molecule has 0 aliphatic heterocycles. The Balaban J connectivity index is 2.05. The molecule has 1 aliphatic rings. The summed E-state index contributed by atoms with van der Waals surface area (Å²) in [5.74, 6) is 0.472. The number of carbonyl (C=O) groups excluding carboxylic acids is 1. The number of nitrogens with one attached hydrogen (secondary N) is 2. The van der Waals surface area contributed by atoms with Crippen LogP contribution in [0.15, 0.2) is 12.4 Å². The summed E-state index contributed by atoms with van der Waals surface area (Å²) in [7, 11) is 1.80. The number of hydrogen-bond donors (Lipinski definition) is 3. The molecular formula is C15H26N4O2. The Labute approximate surface area is 125 Å². The van der Waals surface area contributed by atoms with Gasteiger partial charge in [0, 0.05) is 13.2 Å². The number of anilines is 1. The zero-order valence-electron chi connectivity index (χ0n) is 13.3. The highest BCUT2D eigenvalue weighted by atomic mass is 16.3. The third-order valence-electron chi connectivity index (χ3n) is 4.10. The highest BCUT2D eigenvalue weighted by Crippen LogP contribution is 2.43. The van der Waals surface area contributed by atoms with E-state index < -0.39 is 5.54 Å². The van der Waals surface area contributed by atoms with E-state index in [1.54, 1.807) is 24.1 Å². The second-order valence-corrected chi connectivity index (χ2v) is 7.27. The van der Waals surface area contributed by atoms with Crippen molar-refractivity contribution in [1.29, 1.82) is 0 Å². The Morgan fingerprint density at radius 1 is 1.52 bits per heavy atom. The number of nitrogens with zero attached hydrogens (tertiary/aromatic N) is 2. The molecular weight excluding hydrogens is 268 g/mol. The molecule has 0 aromatic carbocycles. The van der Waals surface area contributed by atoms with E-state index in [1.807, 2.05) is 0 Å². The van der Waals surface area contributed by atoms with Gasteiger partial charge in [-0.15, -0.1) is 0 Å². The van der Waals surface area contributed by atoms with Crippen LogP contribution in [-0.2, 0) is 7.05 Å². The molecule has 1 aromatic heterocycles. The van der Waals surface area contributed by atoms with Crippen LogP contribution in [0.2, 0.25) is 0 Å². The minimum Gasteiger partial charge on any atom is -0.394 e. The third-order valence-corrected chi connectivity index (χ3v) is 4.10. The number of aryl methyl sites for hydroxylation is 1. The van der Waals surface area contributed by atoms with Crippen LogP contribution in [0.1, 0.15) is 40.0 Å². The van der Waals surface area contributed by atoms with Crippen LogP contribution in [0.25, 0.3) is 0 Å². The van der Waals surface area contributed by atoms with Crippen molar-refractivity contribution in [3.8, 4) is 0 Å². The lowest BCUT2D eigenvalue weighted by Crippen LogP contribution is -2.58. The molecule has 2 rings (SSSR count). The minimum absolute atomic E-state index is 0.0404. The summed E-state index contributed by atoms with van der Waals surface area (Å²) in [5.41, 5.74) is 0.210. The maximum atomic E-state index is 12.2. The fourth-order valence-corrected chi connectivity index (χ4v) is 3.89. The first kappa shape index (κ1) is 15.8. The van der Waals surface area contributed by atoms with E-state index in [-0.39, 0.29) is 18.1 Å². The molecule has 1 fully saturated rings. The van der Waals surface area contributed by atoms with Crippen molar-refractivity contribution in [3.05, 3.63) is 12.4 Å². The topological polar surface area (TPSA) is 79.2 Å². The van der Waals surface area contributed by atoms with Gasteiger partial charge in [-0.25, -0.2) is 4.79 Å². The van der Waals surface area contributed by atoms with Gasteiger partial charge in [0.2, 0.25) is 0 Å². The number of amides is 2. The molecule has 3 N–H and O–H groups in total. The standard InChI is InChI=1S/C15H26N4O2/c1-11-5-14(2,3)9-15(6-11,10-20)18-13(21)17-12-7-16-19(4)8-12/h7-8,11,20H,5-6,9-10H2,1-4H3,(H2,17,18,21). The lowest BCUT2D eigenvalue weighted by molar-refractivity contribution is 0.0446. The van der Waals surface area contributed by atoms with Crippen LogP contribution in [0.3, 0.4) is 0 Å². The molecule has 0 radical (unpaired) electrons. The molecule has 1 aromatic rings. The highest BCUT2D eigenvalue weighted by Gasteiger charge is 2.43. The average molecular weight is 294 g/mol. The van der Waals surface area contributed by atoms with Crippen LogP contribution in [-0.4, -0.2) is 33.1 Å². The third kappa shape index (κ3) is 3.97. The van der Waals surface area contributed by atoms with Crippen LogP contribution < -0.4 is 10.6 Å². The van der Waals surface area contributed by atoms with Crippen molar-refractivity contribution in [1.82, 2.24) is 15.1 Å². The van der Waals surface area contributed by atoms with E-state index in [0.29, 0.717) is 11.6 Å². The van der Waals surface area contributed by atoms with E-state index in [4.69, 9.17) is 0 Å². The average Bonchev–Trinajstić information content (AvgIpc) is 2.71. The lowest BCUT2D eigenvalue weighted by atomic mass is 9.64. The Morgan fingerprint density at radius 2 is 2.24 bits per heavy atom. The predicted molar refractivity (Wildman–Crippen MR) is 82.0 cm³/mol. The number of aliphatic hydroxyl groups excluding tert-OH is 1. The second kappa shape index (κ2) is 5.67. The molecule has 1 heterocycles. The van der Waals surface area contributed by atoms with Crippen molar-refractivity contribution in [2.24, 2.45) is 18.4 Å². The van der Waals surface area contributed by atoms with Gasteiger partial charge in [0.1, 0.15) is 0 Å². The van der Waals surface area contributed by atoms with Gasteiger partial charge in [-0.1, -0.05) is 20.8 Å². The molecule has 21 heavy (non-hydrogen) atoms. The first-order valence-electron chi connectivity index (χ1n) is 7.42. The van der Waals surface area contributed by atoms with Crippen molar-refractivity contribution >= 4 is 11.7 Å². The van der Waals surface area contributed by atoms with Gasteiger partial charge in [-0.3, -0.25) is 4.68 Å². The summed E-state index contributed by atoms with van der Waals surface area (Å²) in [6, 6.07) is -0.290. The Bertz CT molecular complexity index is 512. The summed E-state index contributed by atoms with van der Waals surface area (Å²) in [6.45, 7) is 6.51. The number of hydrogen-bond acceptors (Lipinski definition) is 3. The summed E-state index contributed by atoms with van der Waals surface area (Å²) >= 11 is 0. The van der Waals surface area contributed by atoms with Crippen molar-refractivity contribution in [2.75, 3.05) is 11.9 Å². The fraction of sp³-hybridized carbons (Fsp3) is 0.733. The SMILES string of the molecule is CC1CC(C)(C)CC(CO)(NC(=O)Nc2cnn(C)c2)C1. The van der Waals surface area contributed by atoms with E-state index in [0.717, 1.165) is 19.3 Å². The molecule has 0 bridgehead atoms. The zero-order valence-corrected chi connectivity index (χ0v) is 13.3. The van der Waals surface area contributed by atoms with E-state index >= 15 is 0 Å². The number of rotatable bonds is 3. The molecule has 1 saturated carbocycles. The first-order chi connectivity index (χ1) is 9.73. The second-order valence-electron chi connectivity index (χ2n) is 7.27. The van der Waals surface area contributed by atoms with Crippen LogP contribution in [0.5, 0.6) is 0 Å². The molecule has 6 nitrogen and oxygen atoms in total. The van der Waals surface area contributed by atoms with Crippen molar-refractivity contribution in [3.63, 3.8) is 0 Å². The summed E-state index contributed by atoms with van der Waals surface area (Å²) in [6.07, 6.45) is 6.02. The molecule has 118 valence electrons. The van der Waals surface area contributed by atoms with Gasteiger partial charge in [0.15, 0.2) is 0 Å². The van der Waals surface area contributed by atoms with Gasteiger partial charge in [-0.2, -0.15) is 5.10 Å². The first-order valence-corrected chi connectivity index (χ1v) is 7.42. The smallest absolute Gasteiger partial charge is 0.319 e. The summed E-state index contributed by atoms with van der Waals surface area (Å²) in [4.78, 5) is 12.2. The Hall–Kier alpha value is -1.56. The van der Waals surface area contributed by atoms with Crippen LogP contribution in [0.4, 0.5) is 10.5 Å². The zero-order chi connectivity index (χ0) is 15.7. The van der Waals surface area contributed by atoms with Gasteiger partial charge in [-0.05, 0) is 30.6 Å². The van der Waals surface area contributed by atoms with Crippen LogP contribution >= 0.6 is 0 Å². The Kier molecular flexibility index (Phi) is 4.27. The predicted octanol–water partition coefficient (Wildman–Crippen LogP) is 2.12. The fourth-order valence-electron chi connectivity index (χ4n) is 3.89. The number of carbonyl (C=O) groups is 1. The highest BCUT2D eigenvalue weighted by molar-refractivity contribution is 5.89. The molecule has 2 atom stereocenters. The van der Waals surface area contributed by atoms with E-state index in [2.05, 4.69) is 36.5 Å². The Morgan fingerprint density at radius 3 is 2.76 bits per heavy atom. The van der Waals surface area contributed by atoms with Gasteiger partial charge >= 0.3 is 6.03 Å². The molecule has 0 spiro atoms.